The molecule has 0 radical (unpaired) electrons. The van der Waals surface area contributed by atoms with Crippen LogP contribution in [-0.4, -0.2) is 25.0 Å². The molecule has 3 aromatic rings. The number of ether oxygens (including phenoxy) is 2. The quantitative estimate of drug-likeness (QED) is 0.550. The SMILES string of the molecule is Cc1cc(Cl)ccc1OCC(=O)Nc1cccc(NC(=O)COc2ccccc2)c1. The molecule has 7 heteroatoms. The van der Waals surface area contributed by atoms with E-state index in [2.05, 4.69) is 10.6 Å². The zero-order valence-corrected chi connectivity index (χ0v) is 17.1. The topological polar surface area (TPSA) is 76.7 Å². The molecule has 0 heterocycles. The van der Waals surface area contributed by atoms with E-state index in [1.165, 1.54) is 0 Å². The van der Waals surface area contributed by atoms with Gasteiger partial charge in [-0.15, -0.1) is 0 Å². The molecule has 30 heavy (non-hydrogen) atoms. The smallest absolute Gasteiger partial charge is 0.262 e. The molecule has 154 valence electrons. The predicted molar refractivity (Wildman–Crippen MR) is 117 cm³/mol. The summed E-state index contributed by atoms with van der Waals surface area (Å²) in [6.07, 6.45) is 0. The molecule has 6 nitrogen and oxygen atoms in total. The van der Waals surface area contributed by atoms with Crippen LogP contribution in [-0.2, 0) is 9.59 Å². The fourth-order valence-corrected chi connectivity index (χ4v) is 2.88. The Morgan fingerprint density at radius 3 is 2.07 bits per heavy atom. The summed E-state index contributed by atoms with van der Waals surface area (Å²) < 4.78 is 11.0. The van der Waals surface area contributed by atoms with Gasteiger partial charge in [0.2, 0.25) is 0 Å². The number of anilines is 2. The van der Waals surface area contributed by atoms with Gasteiger partial charge in [-0.3, -0.25) is 9.59 Å². The highest BCUT2D eigenvalue weighted by Crippen LogP contribution is 2.22. The molecule has 0 saturated carbocycles. The lowest BCUT2D eigenvalue weighted by atomic mass is 10.2. The van der Waals surface area contributed by atoms with Crippen molar-refractivity contribution in [2.24, 2.45) is 0 Å². The summed E-state index contributed by atoms with van der Waals surface area (Å²) in [5.74, 6) is 0.586. The average Bonchev–Trinajstić information content (AvgIpc) is 2.73. The third kappa shape index (κ3) is 6.53. The number of benzene rings is 3. The standard InChI is InChI=1S/C23H21ClN2O4/c1-16-12-17(24)10-11-21(16)30-15-23(28)26-19-7-5-6-18(13-19)25-22(27)14-29-20-8-3-2-4-9-20/h2-13H,14-15H2,1H3,(H,25,27)(H,26,28). The second kappa shape index (κ2) is 10.3. The number of hydrogen-bond acceptors (Lipinski definition) is 4. The lowest BCUT2D eigenvalue weighted by Gasteiger charge is -2.11. The van der Waals surface area contributed by atoms with Crippen molar-refractivity contribution in [2.45, 2.75) is 6.92 Å². The fraction of sp³-hybridized carbons (Fsp3) is 0.130. The van der Waals surface area contributed by atoms with Crippen molar-refractivity contribution in [3.8, 4) is 11.5 Å². The minimum atomic E-state index is -0.319. The van der Waals surface area contributed by atoms with E-state index in [-0.39, 0.29) is 25.0 Å². The van der Waals surface area contributed by atoms with E-state index in [0.717, 1.165) is 5.56 Å². The van der Waals surface area contributed by atoms with E-state index >= 15 is 0 Å². The summed E-state index contributed by atoms with van der Waals surface area (Å²) in [5.41, 5.74) is 1.93. The summed E-state index contributed by atoms with van der Waals surface area (Å²) in [6.45, 7) is 1.59. The molecule has 0 saturated heterocycles. The normalized spacial score (nSPS) is 10.2. The van der Waals surface area contributed by atoms with Gasteiger partial charge in [0.25, 0.3) is 11.8 Å². The molecule has 0 unspecified atom stereocenters. The number of halogens is 1. The van der Waals surface area contributed by atoms with Crippen molar-refractivity contribution in [1.29, 1.82) is 0 Å². The Morgan fingerprint density at radius 2 is 1.43 bits per heavy atom. The van der Waals surface area contributed by atoms with Gasteiger partial charge in [0, 0.05) is 16.4 Å². The van der Waals surface area contributed by atoms with Gasteiger partial charge in [-0.1, -0.05) is 35.9 Å². The molecule has 0 atom stereocenters. The highest BCUT2D eigenvalue weighted by atomic mass is 35.5. The van der Waals surface area contributed by atoms with E-state index in [9.17, 15) is 9.59 Å². The van der Waals surface area contributed by atoms with Crippen LogP contribution >= 0.6 is 11.6 Å². The van der Waals surface area contributed by atoms with Crippen LogP contribution in [0, 0.1) is 6.92 Å². The minimum absolute atomic E-state index is 0.116. The number of carbonyl (C=O) groups is 2. The first-order valence-electron chi connectivity index (χ1n) is 9.26. The van der Waals surface area contributed by atoms with E-state index in [1.807, 2.05) is 25.1 Å². The van der Waals surface area contributed by atoms with Crippen molar-refractivity contribution < 1.29 is 19.1 Å². The molecular formula is C23H21ClN2O4. The van der Waals surface area contributed by atoms with Crippen LogP contribution in [0.1, 0.15) is 5.56 Å². The molecule has 0 aliphatic rings. The minimum Gasteiger partial charge on any atom is -0.484 e. The van der Waals surface area contributed by atoms with Gasteiger partial charge in [-0.05, 0) is 61.0 Å². The van der Waals surface area contributed by atoms with Crippen molar-refractivity contribution in [3.63, 3.8) is 0 Å². The van der Waals surface area contributed by atoms with Crippen molar-refractivity contribution >= 4 is 34.8 Å². The molecule has 3 rings (SSSR count). The number of aryl methyl sites for hydroxylation is 1. The van der Waals surface area contributed by atoms with Gasteiger partial charge in [0.15, 0.2) is 13.2 Å². The lowest BCUT2D eigenvalue weighted by molar-refractivity contribution is -0.118. The maximum atomic E-state index is 12.2. The van der Waals surface area contributed by atoms with Crippen LogP contribution < -0.4 is 20.1 Å². The number of carbonyl (C=O) groups excluding carboxylic acids is 2. The fourth-order valence-electron chi connectivity index (χ4n) is 2.65. The average molecular weight is 425 g/mol. The summed E-state index contributed by atoms with van der Waals surface area (Å²) in [4.78, 5) is 24.3. The second-order valence-corrected chi connectivity index (χ2v) is 6.91. The first kappa shape index (κ1) is 21.2. The molecule has 2 N–H and O–H groups in total. The third-order valence-corrected chi connectivity index (χ3v) is 4.27. The molecular weight excluding hydrogens is 404 g/mol. The lowest BCUT2D eigenvalue weighted by Crippen LogP contribution is -2.21. The zero-order chi connectivity index (χ0) is 21.3. The Balaban J connectivity index is 1.49. The highest BCUT2D eigenvalue weighted by Gasteiger charge is 2.08. The molecule has 0 aromatic heterocycles. The Morgan fingerprint density at radius 1 is 0.800 bits per heavy atom. The Kier molecular flexibility index (Phi) is 7.29. The van der Waals surface area contributed by atoms with E-state index < -0.39 is 0 Å². The molecule has 0 spiro atoms. The predicted octanol–water partition coefficient (Wildman–Crippen LogP) is 4.68. The monoisotopic (exact) mass is 424 g/mol. The Hall–Kier alpha value is -3.51. The van der Waals surface area contributed by atoms with Crippen molar-refractivity contribution in [3.05, 3.63) is 83.4 Å². The largest absolute Gasteiger partial charge is 0.484 e. The van der Waals surface area contributed by atoms with Crippen molar-refractivity contribution in [1.82, 2.24) is 0 Å². The molecule has 0 bridgehead atoms. The number of nitrogens with one attached hydrogen (secondary N) is 2. The van der Waals surface area contributed by atoms with Crippen LogP contribution in [0.5, 0.6) is 11.5 Å². The maximum absolute atomic E-state index is 12.2. The molecule has 2 amide bonds. The van der Waals surface area contributed by atoms with Gasteiger partial charge < -0.3 is 20.1 Å². The first-order chi connectivity index (χ1) is 14.5. The second-order valence-electron chi connectivity index (χ2n) is 6.48. The van der Waals surface area contributed by atoms with Gasteiger partial charge in [0.05, 0.1) is 0 Å². The van der Waals surface area contributed by atoms with Crippen LogP contribution in [0.4, 0.5) is 11.4 Å². The van der Waals surface area contributed by atoms with Crippen LogP contribution in [0.15, 0.2) is 72.8 Å². The highest BCUT2D eigenvalue weighted by molar-refractivity contribution is 6.30. The van der Waals surface area contributed by atoms with Gasteiger partial charge >= 0.3 is 0 Å². The number of amides is 2. The molecule has 0 aliphatic carbocycles. The summed E-state index contributed by atoms with van der Waals surface area (Å²) in [7, 11) is 0. The molecule has 0 fully saturated rings. The van der Waals surface area contributed by atoms with Crippen molar-refractivity contribution in [2.75, 3.05) is 23.8 Å². The number of rotatable bonds is 8. The molecule has 3 aromatic carbocycles. The Labute approximate surface area is 179 Å². The van der Waals surface area contributed by atoms with Crippen LogP contribution in [0.3, 0.4) is 0 Å². The summed E-state index contributed by atoms with van der Waals surface area (Å²) in [6, 6.07) is 21.1. The summed E-state index contributed by atoms with van der Waals surface area (Å²) in [5, 5.41) is 6.09. The first-order valence-corrected chi connectivity index (χ1v) is 9.64. The number of para-hydroxylation sites is 1. The van der Waals surface area contributed by atoms with Crippen LogP contribution in [0.25, 0.3) is 0 Å². The molecule has 0 aliphatic heterocycles. The van der Waals surface area contributed by atoms with E-state index in [1.54, 1.807) is 54.6 Å². The zero-order valence-electron chi connectivity index (χ0n) is 16.4. The van der Waals surface area contributed by atoms with Gasteiger partial charge in [0.1, 0.15) is 11.5 Å². The van der Waals surface area contributed by atoms with E-state index in [4.69, 9.17) is 21.1 Å². The number of hydrogen-bond donors (Lipinski definition) is 2. The Bertz CT molecular complexity index is 1020. The van der Waals surface area contributed by atoms with E-state index in [0.29, 0.717) is 27.9 Å². The van der Waals surface area contributed by atoms with Gasteiger partial charge in [-0.2, -0.15) is 0 Å². The van der Waals surface area contributed by atoms with Crippen LogP contribution in [0.2, 0.25) is 5.02 Å². The third-order valence-electron chi connectivity index (χ3n) is 4.04. The summed E-state index contributed by atoms with van der Waals surface area (Å²) >= 11 is 5.92. The maximum Gasteiger partial charge on any atom is 0.262 e. The van der Waals surface area contributed by atoms with Gasteiger partial charge in [-0.25, -0.2) is 0 Å².